The fourth-order valence-electron chi connectivity index (χ4n) is 2.05. The van der Waals surface area contributed by atoms with Gasteiger partial charge in [0.2, 0.25) is 0 Å². The van der Waals surface area contributed by atoms with Gasteiger partial charge >= 0.3 is 6.03 Å². The van der Waals surface area contributed by atoms with Gasteiger partial charge < -0.3 is 15.2 Å². The van der Waals surface area contributed by atoms with Gasteiger partial charge in [-0.2, -0.15) is 5.26 Å². The average Bonchev–Trinajstić information content (AvgIpc) is 3.24. The molecule has 106 valence electrons. The first-order chi connectivity index (χ1) is 10.3. The maximum atomic E-state index is 11.8. The van der Waals surface area contributed by atoms with E-state index in [0.29, 0.717) is 23.8 Å². The molecule has 3 rings (SSSR count). The highest BCUT2D eigenvalue weighted by Gasteiger charge is 2.25. The Morgan fingerprint density at radius 1 is 1.48 bits per heavy atom. The van der Waals surface area contributed by atoms with E-state index in [9.17, 15) is 4.79 Å². The Kier molecular flexibility index (Phi) is 3.51. The van der Waals surface area contributed by atoms with Crippen molar-refractivity contribution in [3.05, 3.63) is 42.0 Å². The van der Waals surface area contributed by atoms with Crippen LogP contribution < -0.4 is 10.6 Å². The Balaban J connectivity index is 1.56. The number of nitriles is 1. The lowest BCUT2D eigenvalue weighted by Crippen LogP contribution is -2.29. The summed E-state index contributed by atoms with van der Waals surface area (Å²) in [6, 6.07) is 8.92. The fraction of sp³-hybridized carbons (Fsp3) is 0.286. The summed E-state index contributed by atoms with van der Waals surface area (Å²) in [5.41, 5.74) is 1.08. The monoisotopic (exact) mass is 282 g/mol. The van der Waals surface area contributed by atoms with Gasteiger partial charge in [-0.25, -0.2) is 4.79 Å². The summed E-state index contributed by atoms with van der Waals surface area (Å²) in [4.78, 5) is 11.8. The predicted molar refractivity (Wildman–Crippen MR) is 75.3 cm³/mol. The number of nitrogens with one attached hydrogen (secondary N) is 2. The van der Waals surface area contributed by atoms with Gasteiger partial charge in [0.05, 0.1) is 18.2 Å². The lowest BCUT2D eigenvalue weighted by atomic mass is 10.2. The number of carbonyl (C=O) groups excluding carboxylic acids is 1. The van der Waals surface area contributed by atoms with Crippen molar-refractivity contribution in [1.82, 2.24) is 20.1 Å². The molecule has 21 heavy (non-hydrogen) atoms. The minimum atomic E-state index is -0.338. The molecule has 0 spiro atoms. The fourth-order valence-corrected chi connectivity index (χ4v) is 2.05. The molecule has 1 aromatic heterocycles. The van der Waals surface area contributed by atoms with E-state index in [0.717, 1.165) is 18.7 Å². The molecule has 0 aliphatic heterocycles. The lowest BCUT2D eigenvalue weighted by Gasteiger charge is -2.08. The second-order valence-electron chi connectivity index (χ2n) is 4.89. The third kappa shape index (κ3) is 3.17. The van der Waals surface area contributed by atoms with Crippen molar-refractivity contribution in [2.75, 3.05) is 5.32 Å². The van der Waals surface area contributed by atoms with Crippen molar-refractivity contribution in [2.45, 2.75) is 25.4 Å². The summed E-state index contributed by atoms with van der Waals surface area (Å²) in [5, 5.41) is 22.1. The third-order valence-electron chi connectivity index (χ3n) is 3.24. The standard InChI is InChI=1S/C14H14N6O/c15-7-10-2-1-3-11(6-10)18-14(21)16-8-13-19-17-9-20(13)12-4-5-12/h1-3,6,9,12H,4-5,8H2,(H2,16,18,21). The van der Waals surface area contributed by atoms with Gasteiger partial charge in [-0.1, -0.05) is 6.07 Å². The molecule has 2 amide bonds. The molecule has 2 aromatic rings. The molecule has 0 saturated heterocycles. The Bertz CT molecular complexity index is 697. The van der Waals surface area contributed by atoms with Gasteiger partial charge in [-0.15, -0.1) is 10.2 Å². The van der Waals surface area contributed by atoms with Crippen LogP contribution in [0.3, 0.4) is 0 Å². The van der Waals surface area contributed by atoms with Gasteiger partial charge in [0.15, 0.2) is 5.82 Å². The first-order valence-corrected chi connectivity index (χ1v) is 6.69. The number of urea groups is 1. The number of carbonyl (C=O) groups is 1. The molecule has 1 aliphatic carbocycles. The van der Waals surface area contributed by atoms with Gasteiger partial charge in [-0.3, -0.25) is 0 Å². The van der Waals surface area contributed by atoms with Crippen LogP contribution in [0.15, 0.2) is 30.6 Å². The van der Waals surface area contributed by atoms with Crippen molar-refractivity contribution in [1.29, 1.82) is 5.26 Å². The molecule has 2 N–H and O–H groups in total. The van der Waals surface area contributed by atoms with E-state index >= 15 is 0 Å². The second kappa shape index (κ2) is 5.63. The summed E-state index contributed by atoms with van der Waals surface area (Å²) in [6.07, 6.45) is 3.97. The Morgan fingerprint density at radius 2 is 2.33 bits per heavy atom. The zero-order valence-corrected chi connectivity index (χ0v) is 11.3. The molecular formula is C14H14N6O. The van der Waals surface area contributed by atoms with Crippen LogP contribution in [0.2, 0.25) is 0 Å². The first-order valence-electron chi connectivity index (χ1n) is 6.69. The molecular weight excluding hydrogens is 268 g/mol. The van der Waals surface area contributed by atoms with Gasteiger partial charge in [-0.05, 0) is 31.0 Å². The molecule has 0 bridgehead atoms. The zero-order chi connectivity index (χ0) is 14.7. The van der Waals surface area contributed by atoms with E-state index in [4.69, 9.17) is 5.26 Å². The normalized spacial score (nSPS) is 13.5. The van der Waals surface area contributed by atoms with Crippen LogP contribution in [0.4, 0.5) is 10.5 Å². The van der Waals surface area contributed by atoms with Crippen molar-refractivity contribution in [3.8, 4) is 6.07 Å². The van der Waals surface area contributed by atoms with Crippen molar-refractivity contribution >= 4 is 11.7 Å². The van der Waals surface area contributed by atoms with Crippen LogP contribution in [0, 0.1) is 11.3 Å². The summed E-state index contributed by atoms with van der Waals surface area (Å²) in [6.45, 7) is 0.320. The molecule has 7 nitrogen and oxygen atoms in total. The highest BCUT2D eigenvalue weighted by molar-refractivity contribution is 5.89. The van der Waals surface area contributed by atoms with E-state index in [1.165, 1.54) is 0 Å². The van der Waals surface area contributed by atoms with Gasteiger partial charge in [0, 0.05) is 11.7 Å². The number of rotatable bonds is 4. The highest BCUT2D eigenvalue weighted by atomic mass is 16.2. The van der Waals surface area contributed by atoms with E-state index < -0.39 is 0 Å². The zero-order valence-electron chi connectivity index (χ0n) is 11.3. The minimum Gasteiger partial charge on any atom is -0.331 e. The van der Waals surface area contributed by atoms with Crippen LogP contribution in [0.5, 0.6) is 0 Å². The summed E-state index contributed by atoms with van der Waals surface area (Å²) < 4.78 is 2.00. The summed E-state index contributed by atoms with van der Waals surface area (Å²) in [5.74, 6) is 0.749. The molecule has 0 radical (unpaired) electrons. The number of anilines is 1. The molecule has 0 unspecified atom stereocenters. The average molecular weight is 282 g/mol. The quantitative estimate of drug-likeness (QED) is 0.893. The molecule has 1 heterocycles. The number of aromatic nitrogens is 3. The van der Waals surface area contributed by atoms with Crippen molar-refractivity contribution in [2.24, 2.45) is 0 Å². The van der Waals surface area contributed by atoms with Gasteiger partial charge in [0.1, 0.15) is 6.33 Å². The second-order valence-corrected chi connectivity index (χ2v) is 4.89. The van der Waals surface area contributed by atoms with Crippen molar-refractivity contribution < 1.29 is 4.79 Å². The molecule has 7 heteroatoms. The van der Waals surface area contributed by atoms with Crippen LogP contribution >= 0.6 is 0 Å². The number of benzene rings is 1. The smallest absolute Gasteiger partial charge is 0.319 e. The van der Waals surface area contributed by atoms with E-state index in [1.54, 1.807) is 30.6 Å². The SMILES string of the molecule is N#Cc1cccc(NC(=O)NCc2nncn2C2CC2)c1. The van der Waals surface area contributed by atoms with E-state index in [-0.39, 0.29) is 6.03 Å². The number of nitrogens with zero attached hydrogens (tertiary/aromatic N) is 4. The third-order valence-corrected chi connectivity index (χ3v) is 3.24. The lowest BCUT2D eigenvalue weighted by molar-refractivity contribution is 0.251. The summed E-state index contributed by atoms with van der Waals surface area (Å²) in [7, 11) is 0. The first kappa shape index (κ1) is 13.1. The Hall–Kier alpha value is -2.88. The molecule has 1 aromatic carbocycles. The van der Waals surface area contributed by atoms with Gasteiger partial charge in [0.25, 0.3) is 0 Å². The van der Waals surface area contributed by atoms with Crippen molar-refractivity contribution in [3.63, 3.8) is 0 Å². The molecule has 1 saturated carbocycles. The Labute approximate surface area is 121 Å². The topological polar surface area (TPSA) is 95.6 Å². The minimum absolute atomic E-state index is 0.320. The molecule has 1 fully saturated rings. The largest absolute Gasteiger partial charge is 0.331 e. The molecule has 1 aliphatic rings. The van der Waals surface area contributed by atoms with E-state index in [1.807, 2.05) is 10.6 Å². The summed E-state index contributed by atoms with van der Waals surface area (Å²) >= 11 is 0. The molecule has 0 atom stereocenters. The van der Waals surface area contributed by atoms with E-state index in [2.05, 4.69) is 20.8 Å². The maximum absolute atomic E-state index is 11.8. The Morgan fingerprint density at radius 3 is 3.10 bits per heavy atom. The number of hydrogen-bond donors (Lipinski definition) is 2. The van der Waals surface area contributed by atoms with Crippen LogP contribution in [0.1, 0.15) is 30.3 Å². The van der Waals surface area contributed by atoms with Crippen LogP contribution in [-0.2, 0) is 6.54 Å². The number of hydrogen-bond acceptors (Lipinski definition) is 4. The van der Waals surface area contributed by atoms with Crippen LogP contribution in [-0.4, -0.2) is 20.8 Å². The predicted octanol–water partition coefficient (Wildman–Crippen LogP) is 1.81. The van der Waals surface area contributed by atoms with Crippen LogP contribution in [0.25, 0.3) is 0 Å². The maximum Gasteiger partial charge on any atom is 0.319 e. The number of amides is 2. The highest BCUT2D eigenvalue weighted by Crippen LogP contribution is 2.35.